The van der Waals surface area contributed by atoms with E-state index in [1.807, 2.05) is 66.7 Å². The topological polar surface area (TPSA) is 53.7 Å². The van der Waals surface area contributed by atoms with Crippen LogP contribution >= 0.6 is 0 Å². The summed E-state index contributed by atoms with van der Waals surface area (Å²) in [6.45, 7) is 0. The summed E-state index contributed by atoms with van der Waals surface area (Å²) in [5.74, 6) is 0.719. The fourth-order valence-corrected chi connectivity index (χ4v) is 2.13. The average molecular weight is 272 g/mol. The number of hydrogen-bond donors (Lipinski definition) is 1. The maximum absolute atomic E-state index is 9.31. The molecule has 0 radical (unpaired) electrons. The highest BCUT2D eigenvalue weighted by Crippen LogP contribution is 2.12. The first kappa shape index (κ1) is 12.9. The van der Waals surface area contributed by atoms with E-state index >= 15 is 0 Å². The summed E-state index contributed by atoms with van der Waals surface area (Å²) in [4.78, 5) is 6.43. The third kappa shape index (κ3) is 2.90. The Morgan fingerprint density at radius 1 is 1.05 bits per heavy atom. The van der Waals surface area contributed by atoms with Crippen LogP contribution in [-0.2, 0) is 0 Å². The molecule has 2 aromatic carbocycles. The summed E-state index contributed by atoms with van der Waals surface area (Å²) in [6.07, 6.45) is 5.65. The molecule has 3 aromatic rings. The Morgan fingerprint density at radius 3 is 2.57 bits per heavy atom. The van der Waals surface area contributed by atoms with Gasteiger partial charge in [0, 0.05) is 0 Å². The second-order valence-electron chi connectivity index (χ2n) is 4.63. The molecule has 0 fully saturated rings. The molecule has 0 bridgehead atoms. The molecule has 0 spiro atoms. The summed E-state index contributed by atoms with van der Waals surface area (Å²) in [5.41, 5.74) is 3.64. The number of hydrogen-bond acceptors (Lipinski definition) is 1. The van der Waals surface area contributed by atoms with E-state index in [1.165, 1.54) is 0 Å². The number of nitriles is 1. The molecule has 0 aliphatic heterocycles. The van der Waals surface area contributed by atoms with Crippen LogP contribution in [0.5, 0.6) is 0 Å². The molecule has 2 N–H and O–H groups in total. The minimum absolute atomic E-state index is 0.568. The van der Waals surface area contributed by atoms with Crippen LogP contribution in [0.25, 0.3) is 22.7 Å². The molecule has 100 valence electrons. The fourth-order valence-electron chi connectivity index (χ4n) is 2.13. The number of imidazole rings is 1. The molecule has 0 aliphatic rings. The predicted octanol–water partition coefficient (Wildman–Crippen LogP) is 3.60. The smallest absolute Gasteiger partial charge is 0.236 e. The van der Waals surface area contributed by atoms with E-state index in [0.717, 1.165) is 22.4 Å². The van der Waals surface area contributed by atoms with Crippen molar-refractivity contribution in [1.82, 2.24) is 4.98 Å². The Hall–Kier alpha value is -3.12. The largest absolute Gasteiger partial charge is 0.296 e. The standard InChI is InChI=1S/C18H13N3/c19-13-15(10-6-9-14-7-2-1-3-8-14)18-20-16-11-4-5-12-17(16)21-18/h1-12H,(H,20,21)/p+1. The van der Waals surface area contributed by atoms with Crippen molar-refractivity contribution >= 4 is 22.7 Å². The first-order valence-electron chi connectivity index (χ1n) is 6.71. The zero-order chi connectivity index (χ0) is 14.5. The van der Waals surface area contributed by atoms with Crippen molar-refractivity contribution in [3.05, 3.63) is 78.1 Å². The van der Waals surface area contributed by atoms with Crippen LogP contribution in [0, 0.1) is 11.3 Å². The molecule has 0 atom stereocenters. The van der Waals surface area contributed by atoms with Crippen molar-refractivity contribution in [3.8, 4) is 6.07 Å². The van der Waals surface area contributed by atoms with Crippen LogP contribution in [0.3, 0.4) is 0 Å². The lowest BCUT2D eigenvalue weighted by molar-refractivity contribution is -0.348. The van der Waals surface area contributed by atoms with Gasteiger partial charge in [0.05, 0.1) is 0 Å². The van der Waals surface area contributed by atoms with Crippen LogP contribution in [0.2, 0.25) is 0 Å². The first-order chi connectivity index (χ1) is 10.4. The van der Waals surface area contributed by atoms with E-state index in [-0.39, 0.29) is 0 Å². The summed E-state index contributed by atoms with van der Waals surface area (Å²) in [5, 5.41) is 9.31. The summed E-state index contributed by atoms with van der Waals surface area (Å²) in [6, 6.07) is 20.1. The number of fused-ring (bicyclic) bond motifs is 1. The van der Waals surface area contributed by atoms with Crippen LogP contribution < -0.4 is 4.98 Å². The van der Waals surface area contributed by atoms with Crippen LogP contribution in [0.4, 0.5) is 0 Å². The van der Waals surface area contributed by atoms with Crippen molar-refractivity contribution in [3.63, 3.8) is 0 Å². The quantitative estimate of drug-likeness (QED) is 0.574. The van der Waals surface area contributed by atoms with E-state index < -0.39 is 0 Å². The fraction of sp³-hybridized carbons (Fsp3) is 0. The molecular weight excluding hydrogens is 258 g/mol. The normalized spacial score (nSPS) is 11.9. The van der Waals surface area contributed by atoms with Crippen LogP contribution in [0.1, 0.15) is 11.4 Å². The van der Waals surface area contributed by atoms with Crippen molar-refractivity contribution < 1.29 is 4.98 Å². The molecule has 1 heterocycles. The number of benzene rings is 2. The number of rotatable bonds is 3. The average Bonchev–Trinajstić information content (AvgIpc) is 2.96. The number of nitrogens with one attached hydrogen (secondary N) is 2. The van der Waals surface area contributed by atoms with Crippen LogP contribution in [0.15, 0.2) is 66.7 Å². The Morgan fingerprint density at radius 2 is 1.81 bits per heavy atom. The summed E-state index contributed by atoms with van der Waals surface area (Å²) in [7, 11) is 0. The van der Waals surface area contributed by atoms with Gasteiger partial charge in [-0.05, 0) is 23.8 Å². The minimum atomic E-state index is 0.568. The Balaban J connectivity index is 1.89. The number of aromatic nitrogens is 2. The number of H-pyrrole nitrogens is 2. The lowest BCUT2D eigenvalue weighted by atomic mass is 10.2. The Labute approximate surface area is 122 Å². The first-order valence-corrected chi connectivity index (χ1v) is 6.71. The number of aromatic amines is 2. The van der Waals surface area contributed by atoms with Crippen molar-refractivity contribution in [2.24, 2.45) is 0 Å². The Kier molecular flexibility index (Phi) is 3.62. The molecule has 3 nitrogen and oxygen atoms in total. The van der Waals surface area contributed by atoms with Gasteiger partial charge in [0.1, 0.15) is 11.6 Å². The van der Waals surface area contributed by atoms with E-state index in [4.69, 9.17) is 0 Å². The molecule has 3 heteroatoms. The van der Waals surface area contributed by atoms with E-state index in [9.17, 15) is 5.26 Å². The zero-order valence-corrected chi connectivity index (χ0v) is 11.4. The van der Waals surface area contributed by atoms with Crippen molar-refractivity contribution in [2.75, 3.05) is 0 Å². The zero-order valence-electron chi connectivity index (χ0n) is 11.4. The number of para-hydroxylation sites is 2. The molecular formula is C18H14N3+. The SMILES string of the molecule is N#CC(=CC=Cc1ccccc1)c1[nH]c2ccccc2[nH+]1. The number of allylic oxidation sites excluding steroid dienone is 3. The van der Waals surface area contributed by atoms with Crippen molar-refractivity contribution in [1.29, 1.82) is 5.26 Å². The van der Waals surface area contributed by atoms with Gasteiger partial charge in [0.25, 0.3) is 5.82 Å². The maximum atomic E-state index is 9.31. The van der Waals surface area contributed by atoms with Crippen LogP contribution in [-0.4, -0.2) is 4.98 Å². The maximum Gasteiger partial charge on any atom is 0.296 e. The lowest BCUT2D eigenvalue weighted by Gasteiger charge is -1.89. The molecule has 1 aromatic heterocycles. The molecule has 0 unspecified atom stereocenters. The van der Waals surface area contributed by atoms with E-state index in [2.05, 4.69) is 16.0 Å². The van der Waals surface area contributed by atoms with Gasteiger partial charge < -0.3 is 0 Å². The molecule has 21 heavy (non-hydrogen) atoms. The van der Waals surface area contributed by atoms with Gasteiger partial charge in [-0.1, -0.05) is 54.6 Å². The second-order valence-corrected chi connectivity index (χ2v) is 4.63. The summed E-state index contributed by atoms with van der Waals surface area (Å²) < 4.78 is 0. The lowest BCUT2D eigenvalue weighted by Crippen LogP contribution is -2.05. The van der Waals surface area contributed by atoms with Gasteiger partial charge in [-0.2, -0.15) is 5.26 Å². The molecule has 3 rings (SSSR count). The van der Waals surface area contributed by atoms with Gasteiger partial charge in [0.2, 0.25) is 0 Å². The van der Waals surface area contributed by atoms with Gasteiger partial charge in [-0.25, -0.2) is 9.97 Å². The van der Waals surface area contributed by atoms with Gasteiger partial charge >= 0.3 is 0 Å². The molecule has 0 amide bonds. The highest BCUT2D eigenvalue weighted by molar-refractivity contribution is 5.79. The van der Waals surface area contributed by atoms with Crippen molar-refractivity contribution in [2.45, 2.75) is 0 Å². The summed E-state index contributed by atoms with van der Waals surface area (Å²) >= 11 is 0. The third-order valence-electron chi connectivity index (χ3n) is 3.19. The highest BCUT2D eigenvalue weighted by atomic mass is 14.9. The molecule has 0 saturated carbocycles. The number of nitrogens with zero attached hydrogens (tertiary/aromatic N) is 1. The minimum Gasteiger partial charge on any atom is -0.236 e. The van der Waals surface area contributed by atoms with E-state index in [0.29, 0.717) is 5.57 Å². The van der Waals surface area contributed by atoms with Gasteiger partial charge in [0.15, 0.2) is 11.0 Å². The van der Waals surface area contributed by atoms with Gasteiger partial charge in [-0.15, -0.1) is 0 Å². The monoisotopic (exact) mass is 272 g/mol. The Bertz CT molecular complexity index is 816. The second kappa shape index (κ2) is 5.89. The van der Waals surface area contributed by atoms with E-state index in [1.54, 1.807) is 6.08 Å². The van der Waals surface area contributed by atoms with Gasteiger partial charge in [-0.3, -0.25) is 0 Å². The molecule has 0 aliphatic carbocycles. The highest BCUT2D eigenvalue weighted by Gasteiger charge is 2.13. The third-order valence-corrected chi connectivity index (χ3v) is 3.19. The molecule has 0 saturated heterocycles. The predicted molar refractivity (Wildman–Crippen MR) is 83.9 cm³/mol.